The Morgan fingerprint density at radius 3 is 1.68 bits per heavy atom. The van der Waals surface area contributed by atoms with Crippen LogP contribution in [-0.4, -0.2) is 0 Å². The predicted molar refractivity (Wildman–Crippen MR) is 152 cm³/mol. The zero-order chi connectivity index (χ0) is 22.5. The van der Waals surface area contributed by atoms with Crippen molar-refractivity contribution in [1.82, 2.24) is 0 Å². The summed E-state index contributed by atoms with van der Waals surface area (Å²) in [4.78, 5) is 0. The minimum atomic E-state index is 1.04. The minimum absolute atomic E-state index is 1.04. The molecule has 0 fully saturated rings. The van der Waals surface area contributed by atoms with Gasteiger partial charge in [0, 0.05) is 23.0 Å². The van der Waals surface area contributed by atoms with Crippen LogP contribution in [0.2, 0.25) is 0 Å². The lowest BCUT2D eigenvalue weighted by atomic mass is 9.89. The van der Waals surface area contributed by atoms with Crippen molar-refractivity contribution in [1.29, 1.82) is 0 Å². The number of hydrogen-bond donors (Lipinski definition) is 0. The smallest absolute Gasteiger partial charge is 0.0188 e. The quantitative estimate of drug-likeness (QED) is 0.219. The summed E-state index contributed by atoms with van der Waals surface area (Å²) in [6.07, 6.45) is 0. The molecule has 0 aromatic heterocycles. The highest BCUT2D eigenvalue weighted by Gasteiger charge is 2.13. The van der Waals surface area contributed by atoms with Gasteiger partial charge >= 0.3 is 0 Å². The zero-order valence-corrected chi connectivity index (χ0v) is 20.5. The fourth-order valence-electron chi connectivity index (χ4n) is 5.45. The Kier molecular flexibility index (Phi) is 5.03. The van der Waals surface area contributed by atoms with Gasteiger partial charge in [-0.05, 0) is 65.7 Å². The van der Waals surface area contributed by atoms with E-state index in [1.165, 1.54) is 65.7 Å². The second kappa shape index (κ2) is 8.37. The second-order valence-corrected chi connectivity index (χ2v) is 11.3. The van der Waals surface area contributed by atoms with Gasteiger partial charge < -0.3 is 0 Å². The molecule has 0 saturated carbocycles. The molecule has 34 heavy (non-hydrogen) atoms. The van der Waals surface area contributed by atoms with Crippen molar-refractivity contribution in [3.05, 3.63) is 119 Å². The first-order valence-electron chi connectivity index (χ1n) is 11.8. The summed E-state index contributed by atoms with van der Waals surface area (Å²) in [7, 11) is 0. The molecule has 7 rings (SSSR count). The molecule has 6 aromatic carbocycles. The summed E-state index contributed by atoms with van der Waals surface area (Å²) in [6.45, 7) is 0. The monoisotopic (exact) mass is 472 g/mol. The number of benzene rings is 6. The molecule has 0 spiro atoms. The van der Waals surface area contributed by atoms with Gasteiger partial charge in [-0.2, -0.15) is 23.5 Å². The Bertz CT molecular complexity index is 1600. The third-order valence-electron chi connectivity index (χ3n) is 6.96. The van der Waals surface area contributed by atoms with Crippen LogP contribution < -0.4 is 0 Å². The van der Waals surface area contributed by atoms with E-state index in [1.54, 1.807) is 0 Å². The van der Waals surface area contributed by atoms with Crippen molar-refractivity contribution in [2.75, 3.05) is 0 Å². The molecule has 1 heterocycles. The Morgan fingerprint density at radius 1 is 0.441 bits per heavy atom. The Balaban J connectivity index is 1.37. The summed E-state index contributed by atoms with van der Waals surface area (Å²) < 4.78 is 0. The van der Waals surface area contributed by atoms with Gasteiger partial charge in [-0.3, -0.25) is 0 Å². The van der Waals surface area contributed by atoms with Crippen LogP contribution in [0, 0.1) is 0 Å². The molecular formula is C32H24S2. The third-order valence-corrected chi connectivity index (χ3v) is 9.11. The summed E-state index contributed by atoms with van der Waals surface area (Å²) in [5.74, 6) is 4.22. The molecule has 6 aromatic rings. The summed E-state index contributed by atoms with van der Waals surface area (Å²) in [6, 6.07) is 36.8. The molecule has 2 heteroatoms. The SMILES string of the molecule is c1cc2cc(c1)CSCc1cc(cc(-c3ccc4ccc5cccc6ccc3c4c56)c1)CSC2. The van der Waals surface area contributed by atoms with E-state index in [4.69, 9.17) is 0 Å². The van der Waals surface area contributed by atoms with Gasteiger partial charge in [0.25, 0.3) is 0 Å². The number of rotatable bonds is 1. The summed E-state index contributed by atoms with van der Waals surface area (Å²) in [5, 5.41) is 8.14. The minimum Gasteiger partial charge on any atom is -0.152 e. The fraction of sp³-hybridized carbons (Fsp3) is 0.125. The van der Waals surface area contributed by atoms with Crippen molar-refractivity contribution >= 4 is 55.8 Å². The summed E-state index contributed by atoms with van der Waals surface area (Å²) >= 11 is 4.04. The van der Waals surface area contributed by atoms with E-state index in [0.717, 1.165) is 23.0 Å². The molecule has 1 aliphatic rings. The van der Waals surface area contributed by atoms with Crippen LogP contribution >= 0.6 is 23.5 Å². The highest BCUT2D eigenvalue weighted by molar-refractivity contribution is 7.98. The van der Waals surface area contributed by atoms with Gasteiger partial charge in [0.05, 0.1) is 0 Å². The molecule has 0 aliphatic carbocycles. The van der Waals surface area contributed by atoms with E-state index in [-0.39, 0.29) is 0 Å². The van der Waals surface area contributed by atoms with Crippen LogP contribution in [0.3, 0.4) is 0 Å². The summed E-state index contributed by atoms with van der Waals surface area (Å²) in [5.41, 5.74) is 8.43. The average Bonchev–Trinajstić information content (AvgIpc) is 2.87. The van der Waals surface area contributed by atoms with Crippen LogP contribution in [0.5, 0.6) is 0 Å². The predicted octanol–water partition coefficient (Wildman–Crippen LogP) is 9.43. The first-order valence-corrected chi connectivity index (χ1v) is 14.2. The van der Waals surface area contributed by atoms with Gasteiger partial charge in [0.15, 0.2) is 0 Å². The first-order chi connectivity index (χ1) is 16.8. The largest absolute Gasteiger partial charge is 0.152 e. The lowest BCUT2D eigenvalue weighted by Gasteiger charge is -2.16. The molecule has 0 N–H and O–H groups in total. The van der Waals surface area contributed by atoms with Gasteiger partial charge in [-0.1, -0.05) is 97.1 Å². The third kappa shape index (κ3) is 3.57. The molecule has 0 atom stereocenters. The molecule has 164 valence electrons. The maximum atomic E-state index is 2.43. The Morgan fingerprint density at radius 2 is 0.971 bits per heavy atom. The standard InChI is InChI=1S/C32H24S2/c1-3-21-13-22(4-1)18-34-20-24-14-23(19-33-17-21)15-28(16-24)29-11-9-27-8-7-25-5-2-6-26-10-12-30(29)32(27)31(25)26/h1-16H,17-20H2. The van der Waals surface area contributed by atoms with Gasteiger partial charge in [-0.15, -0.1) is 0 Å². The van der Waals surface area contributed by atoms with Crippen LogP contribution in [0.4, 0.5) is 0 Å². The number of hydrogen-bond acceptors (Lipinski definition) is 2. The lowest BCUT2D eigenvalue weighted by molar-refractivity contribution is 1.28. The molecule has 0 radical (unpaired) electrons. The van der Waals surface area contributed by atoms with Crippen molar-refractivity contribution in [3.63, 3.8) is 0 Å². The Hall–Kier alpha value is -2.94. The maximum absolute atomic E-state index is 2.43. The lowest BCUT2D eigenvalue weighted by Crippen LogP contribution is -1.94. The van der Waals surface area contributed by atoms with Gasteiger partial charge in [0.1, 0.15) is 0 Å². The highest BCUT2D eigenvalue weighted by Crippen LogP contribution is 2.40. The number of fused-ring (bicyclic) bond motifs is 4. The first kappa shape index (κ1) is 20.4. The molecule has 4 bridgehead atoms. The van der Waals surface area contributed by atoms with Crippen LogP contribution in [-0.2, 0) is 23.0 Å². The Labute approximate surface area is 208 Å². The van der Waals surface area contributed by atoms with Crippen molar-refractivity contribution in [2.45, 2.75) is 23.0 Å². The van der Waals surface area contributed by atoms with E-state index in [9.17, 15) is 0 Å². The van der Waals surface area contributed by atoms with Crippen molar-refractivity contribution < 1.29 is 0 Å². The van der Waals surface area contributed by atoms with E-state index in [0.29, 0.717) is 0 Å². The van der Waals surface area contributed by atoms with Crippen LogP contribution in [0.1, 0.15) is 22.3 Å². The average molecular weight is 473 g/mol. The number of thioether (sulfide) groups is 2. The van der Waals surface area contributed by atoms with Crippen molar-refractivity contribution in [2.24, 2.45) is 0 Å². The molecular weight excluding hydrogens is 448 g/mol. The molecule has 0 nitrogen and oxygen atoms in total. The molecule has 0 amide bonds. The van der Waals surface area contributed by atoms with Crippen LogP contribution in [0.15, 0.2) is 97.1 Å². The topological polar surface area (TPSA) is 0 Å². The van der Waals surface area contributed by atoms with Gasteiger partial charge in [-0.25, -0.2) is 0 Å². The fourth-order valence-corrected chi connectivity index (χ4v) is 7.29. The van der Waals surface area contributed by atoms with Crippen molar-refractivity contribution in [3.8, 4) is 11.1 Å². The van der Waals surface area contributed by atoms with E-state index < -0.39 is 0 Å². The normalized spacial score (nSPS) is 14.4. The van der Waals surface area contributed by atoms with Gasteiger partial charge in [0.2, 0.25) is 0 Å². The second-order valence-electron chi connectivity index (χ2n) is 9.31. The van der Waals surface area contributed by atoms with E-state index >= 15 is 0 Å². The molecule has 0 unspecified atom stereocenters. The maximum Gasteiger partial charge on any atom is 0.0188 e. The zero-order valence-electron chi connectivity index (χ0n) is 18.9. The molecule has 1 aliphatic heterocycles. The molecule has 0 saturated heterocycles. The van der Waals surface area contributed by atoms with Crippen LogP contribution in [0.25, 0.3) is 43.4 Å². The highest BCUT2D eigenvalue weighted by atomic mass is 32.2. The van der Waals surface area contributed by atoms with E-state index in [2.05, 4.69) is 97.1 Å². The van der Waals surface area contributed by atoms with E-state index in [1.807, 2.05) is 23.5 Å².